The van der Waals surface area contributed by atoms with Crippen molar-refractivity contribution in [3.8, 4) is 5.75 Å². The van der Waals surface area contributed by atoms with Crippen LogP contribution in [0.2, 0.25) is 0 Å². The molecule has 3 aromatic rings. The van der Waals surface area contributed by atoms with Crippen molar-refractivity contribution in [2.45, 2.75) is 6.54 Å². The molecule has 10 nitrogen and oxygen atoms in total. The lowest BCUT2D eigenvalue weighted by molar-refractivity contribution is -0.384. The van der Waals surface area contributed by atoms with Gasteiger partial charge >= 0.3 is 6.03 Å². The van der Waals surface area contributed by atoms with Crippen LogP contribution < -0.4 is 15.6 Å². The minimum Gasteiger partial charge on any atom is -0.496 e. The first kappa shape index (κ1) is 18.8. The summed E-state index contributed by atoms with van der Waals surface area (Å²) < 4.78 is 4.97. The average Bonchev–Trinajstić information content (AvgIpc) is 2.68. The number of anilines is 1. The minimum atomic E-state index is -0.611. The Labute approximate surface area is 158 Å². The van der Waals surface area contributed by atoms with E-state index in [0.717, 1.165) is 0 Å². The summed E-state index contributed by atoms with van der Waals surface area (Å²) in [6, 6.07) is 10.4. The fourth-order valence-corrected chi connectivity index (χ4v) is 2.61. The molecule has 0 atom stereocenters. The molecule has 2 aromatic carbocycles. The number of nitro benzene ring substituents is 1. The van der Waals surface area contributed by atoms with Crippen molar-refractivity contribution in [2.75, 3.05) is 19.5 Å². The van der Waals surface area contributed by atoms with E-state index in [4.69, 9.17) is 4.74 Å². The second-order valence-corrected chi connectivity index (χ2v) is 5.96. The van der Waals surface area contributed by atoms with E-state index >= 15 is 0 Å². The summed E-state index contributed by atoms with van der Waals surface area (Å²) in [5, 5.41) is 14.2. The molecule has 0 aliphatic carbocycles. The maximum atomic E-state index is 12.4. The van der Waals surface area contributed by atoms with Gasteiger partial charge in [0.2, 0.25) is 0 Å². The van der Waals surface area contributed by atoms with Crippen molar-refractivity contribution in [2.24, 2.45) is 0 Å². The molecule has 0 aliphatic heterocycles. The van der Waals surface area contributed by atoms with Gasteiger partial charge in [-0.25, -0.2) is 9.78 Å². The molecule has 1 heterocycles. The van der Waals surface area contributed by atoms with Crippen molar-refractivity contribution >= 4 is 28.3 Å². The first-order valence-corrected chi connectivity index (χ1v) is 8.21. The topological polar surface area (TPSA) is 130 Å². The maximum Gasteiger partial charge on any atom is 0.322 e. The Kier molecular flexibility index (Phi) is 5.21. The fraction of sp³-hybridized carbons (Fsp3) is 0.167. The smallest absolute Gasteiger partial charge is 0.322 e. The number of nitrogens with zero attached hydrogens (tertiary/aromatic N) is 3. The zero-order valence-corrected chi connectivity index (χ0v) is 15.1. The molecule has 0 fully saturated rings. The highest BCUT2D eigenvalue weighted by Gasteiger charge is 2.19. The van der Waals surface area contributed by atoms with Gasteiger partial charge in [0.15, 0.2) is 0 Å². The van der Waals surface area contributed by atoms with E-state index < -0.39 is 11.0 Å². The number of H-pyrrole nitrogens is 1. The predicted octanol–water partition coefficient (Wildman–Crippen LogP) is 2.50. The summed E-state index contributed by atoms with van der Waals surface area (Å²) in [5.74, 6) is 0.599. The van der Waals surface area contributed by atoms with E-state index in [1.807, 2.05) is 0 Å². The number of carbonyl (C=O) groups is 1. The molecule has 0 unspecified atom stereocenters. The van der Waals surface area contributed by atoms with Crippen LogP contribution in [0.15, 0.2) is 47.3 Å². The van der Waals surface area contributed by atoms with E-state index in [9.17, 15) is 19.7 Å². The second-order valence-electron chi connectivity index (χ2n) is 5.96. The molecular formula is C18H17N5O5. The normalized spacial score (nSPS) is 10.5. The van der Waals surface area contributed by atoms with Gasteiger partial charge in [-0.15, -0.1) is 0 Å². The number of benzene rings is 2. The number of nitro groups is 1. The second kappa shape index (κ2) is 7.74. The number of rotatable bonds is 5. The lowest BCUT2D eigenvalue weighted by Gasteiger charge is -2.17. The highest BCUT2D eigenvalue weighted by Crippen LogP contribution is 2.29. The van der Waals surface area contributed by atoms with Gasteiger partial charge in [-0.1, -0.05) is 12.1 Å². The zero-order chi connectivity index (χ0) is 20.3. The SMILES string of the molecule is COc1ccc(NC(=O)N(C)Cc2nc3ccccc3c(=O)[nH]2)c([N+](=O)[O-])c1. The first-order chi connectivity index (χ1) is 13.4. The molecule has 144 valence electrons. The van der Waals surface area contributed by atoms with Crippen LogP contribution in [-0.4, -0.2) is 40.0 Å². The number of aromatic nitrogens is 2. The van der Waals surface area contributed by atoms with Crippen LogP contribution in [0.25, 0.3) is 10.9 Å². The van der Waals surface area contributed by atoms with Crippen LogP contribution in [0.5, 0.6) is 5.75 Å². The largest absolute Gasteiger partial charge is 0.496 e. The number of fused-ring (bicyclic) bond motifs is 1. The molecule has 2 N–H and O–H groups in total. The standard InChI is InChI=1S/C18H17N5O5/c1-22(10-16-19-13-6-4-3-5-12(13)17(24)21-16)18(25)20-14-8-7-11(28-2)9-15(14)23(26)27/h3-9H,10H2,1-2H3,(H,20,25)(H,19,21,24). The van der Waals surface area contributed by atoms with Gasteiger partial charge in [-0.05, 0) is 24.3 Å². The number of para-hydroxylation sites is 1. The first-order valence-electron chi connectivity index (χ1n) is 8.21. The van der Waals surface area contributed by atoms with Crippen molar-refractivity contribution in [3.05, 3.63) is 68.8 Å². The Bertz CT molecular complexity index is 1110. The summed E-state index contributed by atoms with van der Waals surface area (Å²) in [7, 11) is 2.88. The van der Waals surface area contributed by atoms with E-state index in [-0.39, 0.29) is 23.5 Å². The molecule has 0 spiro atoms. The maximum absolute atomic E-state index is 12.4. The van der Waals surface area contributed by atoms with Crippen LogP contribution in [0.3, 0.4) is 0 Å². The molecule has 3 rings (SSSR count). The van der Waals surface area contributed by atoms with Crippen LogP contribution in [0.1, 0.15) is 5.82 Å². The number of hydrogen-bond acceptors (Lipinski definition) is 6. The van der Waals surface area contributed by atoms with Gasteiger partial charge < -0.3 is 19.9 Å². The van der Waals surface area contributed by atoms with Crippen LogP contribution in [0, 0.1) is 10.1 Å². The quantitative estimate of drug-likeness (QED) is 0.514. The summed E-state index contributed by atoms with van der Waals surface area (Å²) in [6.07, 6.45) is 0. The highest BCUT2D eigenvalue weighted by molar-refractivity contribution is 5.91. The Morgan fingerprint density at radius 2 is 2.07 bits per heavy atom. The molecule has 10 heteroatoms. The summed E-state index contributed by atoms with van der Waals surface area (Å²) in [6.45, 7) is 0.00978. The number of aromatic amines is 1. The third-order valence-corrected chi connectivity index (χ3v) is 4.04. The molecular weight excluding hydrogens is 366 g/mol. The lowest BCUT2D eigenvalue weighted by Crippen LogP contribution is -2.32. The Morgan fingerprint density at radius 3 is 2.79 bits per heavy atom. The summed E-state index contributed by atoms with van der Waals surface area (Å²) in [5.41, 5.74) is -0.0537. The van der Waals surface area contributed by atoms with E-state index in [2.05, 4.69) is 15.3 Å². The van der Waals surface area contributed by atoms with Gasteiger partial charge in [0, 0.05) is 7.05 Å². The third-order valence-electron chi connectivity index (χ3n) is 4.04. The van der Waals surface area contributed by atoms with E-state index in [0.29, 0.717) is 22.5 Å². The van der Waals surface area contributed by atoms with Crippen molar-refractivity contribution in [1.29, 1.82) is 0 Å². The monoisotopic (exact) mass is 383 g/mol. The predicted molar refractivity (Wildman–Crippen MR) is 102 cm³/mol. The molecule has 2 amide bonds. The molecule has 1 aromatic heterocycles. The van der Waals surface area contributed by atoms with Crippen LogP contribution in [-0.2, 0) is 6.54 Å². The molecule has 0 saturated carbocycles. The Morgan fingerprint density at radius 1 is 1.32 bits per heavy atom. The van der Waals surface area contributed by atoms with Crippen molar-refractivity contribution in [1.82, 2.24) is 14.9 Å². The number of carbonyl (C=O) groups excluding carboxylic acids is 1. The number of amides is 2. The fourth-order valence-electron chi connectivity index (χ4n) is 2.61. The highest BCUT2D eigenvalue weighted by atomic mass is 16.6. The third kappa shape index (κ3) is 3.90. The number of ether oxygens (including phenoxy) is 1. The van der Waals surface area contributed by atoms with E-state index in [1.165, 1.54) is 37.3 Å². The van der Waals surface area contributed by atoms with Gasteiger partial charge in [-0.3, -0.25) is 14.9 Å². The molecule has 0 radical (unpaired) electrons. The van der Waals surface area contributed by atoms with Gasteiger partial charge in [0.05, 0.1) is 35.5 Å². The number of urea groups is 1. The van der Waals surface area contributed by atoms with Crippen molar-refractivity contribution in [3.63, 3.8) is 0 Å². The number of hydrogen-bond donors (Lipinski definition) is 2. The average molecular weight is 383 g/mol. The summed E-state index contributed by atoms with van der Waals surface area (Å²) >= 11 is 0. The Balaban J connectivity index is 1.79. The molecule has 0 saturated heterocycles. The molecule has 0 bridgehead atoms. The minimum absolute atomic E-state index is 0.00978. The van der Waals surface area contributed by atoms with E-state index in [1.54, 1.807) is 24.3 Å². The molecule has 28 heavy (non-hydrogen) atoms. The van der Waals surface area contributed by atoms with Gasteiger partial charge in [0.1, 0.15) is 17.3 Å². The number of nitrogens with one attached hydrogen (secondary N) is 2. The summed E-state index contributed by atoms with van der Waals surface area (Å²) in [4.78, 5) is 43.4. The van der Waals surface area contributed by atoms with Gasteiger partial charge in [-0.2, -0.15) is 0 Å². The van der Waals surface area contributed by atoms with Gasteiger partial charge in [0.25, 0.3) is 11.2 Å². The zero-order valence-electron chi connectivity index (χ0n) is 15.1. The van der Waals surface area contributed by atoms with Crippen LogP contribution >= 0.6 is 0 Å². The van der Waals surface area contributed by atoms with Crippen LogP contribution in [0.4, 0.5) is 16.2 Å². The van der Waals surface area contributed by atoms with Crippen molar-refractivity contribution < 1.29 is 14.5 Å². The lowest BCUT2D eigenvalue weighted by atomic mass is 10.2. The number of methoxy groups -OCH3 is 1. The molecule has 0 aliphatic rings. The Hall–Kier alpha value is -3.95.